The van der Waals surface area contributed by atoms with Gasteiger partial charge in [0.15, 0.2) is 0 Å². The highest BCUT2D eigenvalue weighted by atomic mass is 16.2. The van der Waals surface area contributed by atoms with Crippen molar-refractivity contribution in [2.24, 2.45) is 5.92 Å². The van der Waals surface area contributed by atoms with E-state index in [2.05, 4.69) is 11.9 Å². The van der Waals surface area contributed by atoms with Gasteiger partial charge in [-0.05, 0) is 18.9 Å². The fourth-order valence-corrected chi connectivity index (χ4v) is 2.81. The zero-order valence-corrected chi connectivity index (χ0v) is 12.5. The number of piperidine rings is 1. The van der Waals surface area contributed by atoms with Crippen molar-refractivity contribution >= 4 is 17.7 Å². The third kappa shape index (κ3) is 3.62. The van der Waals surface area contributed by atoms with Crippen molar-refractivity contribution in [3.05, 3.63) is 12.7 Å². The predicted octanol–water partition coefficient (Wildman–Crippen LogP) is 0.148. The molecule has 2 aliphatic rings. The van der Waals surface area contributed by atoms with E-state index in [0.717, 1.165) is 0 Å². The molecule has 2 heterocycles. The molecule has 2 rings (SSSR count). The fourth-order valence-electron chi connectivity index (χ4n) is 2.81. The summed E-state index contributed by atoms with van der Waals surface area (Å²) < 4.78 is 0. The highest BCUT2D eigenvalue weighted by Crippen LogP contribution is 2.19. The summed E-state index contributed by atoms with van der Waals surface area (Å²) in [5.74, 6) is 0.0856. The number of carbonyl (C=O) groups excluding carboxylic acids is 3. The van der Waals surface area contributed by atoms with Crippen molar-refractivity contribution in [3.63, 3.8) is 0 Å². The minimum Gasteiger partial charge on any atom is -0.350 e. The Kier molecular flexibility index (Phi) is 4.98. The number of rotatable bonds is 4. The Balaban J connectivity index is 1.70. The molecule has 0 unspecified atom stereocenters. The summed E-state index contributed by atoms with van der Waals surface area (Å²) in [7, 11) is 0. The molecule has 0 saturated carbocycles. The van der Waals surface area contributed by atoms with E-state index in [-0.39, 0.29) is 29.7 Å². The molecule has 0 atom stereocenters. The molecule has 21 heavy (non-hydrogen) atoms. The molecular weight excluding hydrogens is 270 g/mol. The number of carbonyl (C=O) groups is 3. The smallest absolute Gasteiger partial charge is 0.245 e. The lowest BCUT2D eigenvalue weighted by Crippen LogP contribution is -2.61. The number of hydrogen-bond acceptors (Lipinski definition) is 3. The number of nitrogens with zero attached hydrogens (tertiary/aromatic N) is 2. The summed E-state index contributed by atoms with van der Waals surface area (Å²) in [5.41, 5.74) is 0. The molecule has 0 aromatic carbocycles. The van der Waals surface area contributed by atoms with Crippen LogP contribution in [-0.2, 0) is 14.4 Å². The normalized spacial score (nSPS) is 19.9. The molecule has 6 nitrogen and oxygen atoms in total. The zero-order valence-electron chi connectivity index (χ0n) is 12.5. The number of hydrogen-bond donors (Lipinski definition) is 1. The molecule has 116 valence electrons. The first kappa shape index (κ1) is 15.5. The van der Waals surface area contributed by atoms with Crippen LogP contribution in [0.3, 0.4) is 0 Å². The molecule has 0 aromatic heterocycles. The second-order valence-corrected chi connectivity index (χ2v) is 5.66. The second-order valence-electron chi connectivity index (χ2n) is 5.66. The highest BCUT2D eigenvalue weighted by Gasteiger charge is 2.33. The van der Waals surface area contributed by atoms with E-state index in [1.54, 1.807) is 9.80 Å². The number of likely N-dealkylation sites (tertiary alicyclic amines) is 2. The molecule has 0 radical (unpaired) electrons. The summed E-state index contributed by atoms with van der Waals surface area (Å²) >= 11 is 0. The van der Waals surface area contributed by atoms with Crippen molar-refractivity contribution in [1.82, 2.24) is 15.1 Å². The van der Waals surface area contributed by atoms with E-state index in [1.165, 1.54) is 6.08 Å². The van der Waals surface area contributed by atoms with E-state index in [4.69, 9.17) is 0 Å². The number of amides is 3. The van der Waals surface area contributed by atoms with E-state index >= 15 is 0 Å². The molecule has 0 bridgehead atoms. The molecular formula is C15H23N3O3. The van der Waals surface area contributed by atoms with Gasteiger partial charge in [-0.1, -0.05) is 13.5 Å². The third-order valence-corrected chi connectivity index (χ3v) is 4.24. The largest absolute Gasteiger partial charge is 0.350 e. The monoisotopic (exact) mass is 293 g/mol. The molecule has 1 N–H and O–H groups in total. The zero-order chi connectivity index (χ0) is 15.4. The molecule has 0 aromatic rings. The Labute approximate surface area is 125 Å². The lowest BCUT2D eigenvalue weighted by molar-refractivity contribution is -0.139. The van der Waals surface area contributed by atoms with Crippen LogP contribution in [0.25, 0.3) is 0 Å². The summed E-state index contributed by atoms with van der Waals surface area (Å²) in [6.45, 7) is 7.76. The molecule has 2 aliphatic heterocycles. The highest BCUT2D eigenvalue weighted by molar-refractivity contribution is 5.87. The average molecular weight is 293 g/mol. The quantitative estimate of drug-likeness (QED) is 0.750. The van der Waals surface area contributed by atoms with Crippen LogP contribution in [0, 0.1) is 5.92 Å². The van der Waals surface area contributed by atoms with Gasteiger partial charge in [0, 0.05) is 38.5 Å². The standard InChI is InChI=1S/C15H23N3O3/c1-3-13(19)17-7-5-11(6-8-17)15(21)16-12-9-18(10-12)14(20)4-2/h3,11-12H,1,4-10H2,2H3,(H,16,21). The Morgan fingerprint density at radius 2 is 1.81 bits per heavy atom. The Morgan fingerprint density at radius 3 is 2.33 bits per heavy atom. The van der Waals surface area contributed by atoms with E-state index in [9.17, 15) is 14.4 Å². The van der Waals surface area contributed by atoms with Crippen LogP contribution >= 0.6 is 0 Å². The molecule has 0 spiro atoms. The topological polar surface area (TPSA) is 69.7 Å². The van der Waals surface area contributed by atoms with E-state index in [1.807, 2.05) is 6.92 Å². The molecule has 0 aliphatic carbocycles. The Hall–Kier alpha value is -1.85. The summed E-state index contributed by atoms with van der Waals surface area (Å²) in [5, 5.41) is 3.00. The first-order chi connectivity index (χ1) is 10.0. The first-order valence-corrected chi connectivity index (χ1v) is 7.54. The van der Waals surface area contributed by atoms with Gasteiger partial charge in [0.05, 0.1) is 6.04 Å². The van der Waals surface area contributed by atoms with Gasteiger partial charge in [-0.2, -0.15) is 0 Å². The van der Waals surface area contributed by atoms with Crippen LogP contribution in [-0.4, -0.2) is 59.7 Å². The maximum atomic E-state index is 12.2. The summed E-state index contributed by atoms with van der Waals surface area (Å²) in [6.07, 6.45) is 3.20. The van der Waals surface area contributed by atoms with Gasteiger partial charge in [-0.3, -0.25) is 14.4 Å². The van der Waals surface area contributed by atoms with Crippen molar-refractivity contribution in [2.75, 3.05) is 26.2 Å². The van der Waals surface area contributed by atoms with Gasteiger partial charge in [0.1, 0.15) is 0 Å². The third-order valence-electron chi connectivity index (χ3n) is 4.24. The van der Waals surface area contributed by atoms with Crippen LogP contribution in [0.15, 0.2) is 12.7 Å². The minimum atomic E-state index is -0.0680. The van der Waals surface area contributed by atoms with Crippen LogP contribution in [0.5, 0.6) is 0 Å². The first-order valence-electron chi connectivity index (χ1n) is 7.54. The van der Waals surface area contributed by atoms with Gasteiger partial charge >= 0.3 is 0 Å². The van der Waals surface area contributed by atoms with Crippen LogP contribution in [0.2, 0.25) is 0 Å². The van der Waals surface area contributed by atoms with E-state index < -0.39 is 0 Å². The fraction of sp³-hybridized carbons (Fsp3) is 0.667. The lowest BCUT2D eigenvalue weighted by atomic mass is 9.95. The molecule has 6 heteroatoms. The van der Waals surface area contributed by atoms with Crippen LogP contribution in [0.4, 0.5) is 0 Å². The van der Waals surface area contributed by atoms with Gasteiger partial charge in [-0.25, -0.2) is 0 Å². The lowest BCUT2D eigenvalue weighted by Gasteiger charge is -2.40. The maximum Gasteiger partial charge on any atom is 0.245 e. The number of nitrogens with one attached hydrogen (secondary N) is 1. The average Bonchev–Trinajstić information content (AvgIpc) is 2.48. The summed E-state index contributed by atoms with van der Waals surface area (Å²) in [4.78, 5) is 38.5. The van der Waals surface area contributed by atoms with Gasteiger partial charge in [-0.15, -0.1) is 0 Å². The van der Waals surface area contributed by atoms with Gasteiger partial charge in [0.2, 0.25) is 17.7 Å². The summed E-state index contributed by atoms with van der Waals surface area (Å²) in [6, 6.07) is 0.0841. The predicted molar refractivity (Wildman–Crippen MR) is 78.3 cm³/mol. The minimum absolute atomic E-state index is 0.0326. The Morgan fingerprint density at radius 1 is 1.19 bits per heavy atom. The maximum absolute atomic E-state index is 12.2. The van der Waals surface area contributed by atoms with E-state index in [0.29, 0.717) is 45.4 Å². The molecule has 2 saturated heterocycles. The SMILES string of the molecule is C=CC(=O)N1CCC(C(=O)NC2CN(C(=O)CC)C2)CC1. The van der Waals surface area contributed by atoms with Crippen molar-refractivity contribution in [1.29, 1.82) is 0 Å². The Bertz CT molecular complexity index is 435. The van der Waals surface area contributed by atoms with Gasteiger partial charge < -0.3 is 15.1 Å². The van der Waals surface area contributed by atoms with Crippen LogP contribution < -0.4 is 5.32 Å². The molecule has 2 fully saturated rings. The second kappa shape index (κ2) is 6.74. The van der Waals surface area contributed by atoms with Crippen molar-refractivity contribution in [2.45, 2.75) is 32.2 Å². The van der Waals surface area contributed by atoms with Crippen LogP contribution in [0.1, 0.15) is 26.2 Å². The van der Waals surface area contributed by atoms with Gasteiger partial charge in [0.25, 0.3) is 0 Å². The molecule has 3 amide bonds. The van der Waals surface area contributed by atoms with Crippen molar-refractivity contribution in [3.8, 4) is 0 Å². The van der Waals surface area contributed by atoms with Crippen molar-refractivity contribution < 1.29 is 14.4 Å².